The number of carboxylic acid groups (broad SMARTS) is 1. The van der Waals surface area contributed by atoms with Gasteiger partial charge in [-0.2, -0.15) is 0 Å². The first-order valence-electron chi connectivity index (χ1n) is 7.71. The van der Waals surface area contributed by atoms with Gasteiger partial charge >= 0.3 is 11.9 Å². The molecule has 0 fully saturated rings. The molecule has 1 aromatic rings. The zero-order valence-electron chi connectivity index (χ0n) is 13.8. The van der Waals surface area contributed by atoms with Crippen LogP contribution in [-0.2, 0) is 16.0 Å². The van der Waals surface area contributed by atoms with E-state index in [9.17, 15) is 14.4 Å². The summed E-state index contributed by atoms with van der Waals surface area (Å²) in [6.07, 6.45) is 4.46. The molecule has 0 amide bonds. The van der Waals surface area contributed by atoms with E-state index in [2.05, 4.69) is 0 Å². The van der Waals surface area contributed by atoms with Gasteiger partial charge < -0.3 is 9.84 Å². The second kappa shape index (κ2) is 11.1. The van der Waals surface area contributed by atoms with Crippen molar-refractivity contribution in [2.45, 2.75) is 37.9 Å². The summed E-state index contributed by atoms with van der Waals surface area (Å²) in [5.74, 6) is -1.34. The Kier molecular flexibility index (Phi) is 9.56. The maximum Gasteiger partial charge on any atom is 0.335 e. The van der Waals surface area contributed by atoms with Crippen LogP contribution in [0.25, 0.3) is 0 Å². The van der Waals surface area contributed by atoms with Gasteiger partial charge in [0.25, 0.3) is 0 Å². The highest BCUT2D eigenvalue weighted by molar-refractivity contribution is 8.38. The third-order valence-electron chi connectivity index (χ3n) is 3.31. The van der Waals surface area contributed by atoms with Crippen molar-refractivity contribution in [2.75, 3.05) is 12.9 Å². The highest BCUT2D eigenvalue weighted by atomic mass is 32.2. The van der Waals surface area contributed by atoms with E-state index in [-0.39, 0.29) is 16.0 Å². The third kappa shape index (κ3) is 7.40. The number of carboxylic acids is 1. The van der Waals surface area contributed by atoms with Gasteiger partial charge in [-0.1, -0.05) is 49.0 Å². The topological polar surface area (TPSA) is 80.7 Å². The summed E-state index contributed by atoms with van der Waals surface area (Å²) in [6, 6.07) is 6.52. The molecule has 1 N–H and O–H groups in total. The average Bonchev–Trinajstić information content (AvgIpc) is 2.58. The van der Waals surface area contributed by atoms with Crippen molar-refractivity contribution in [3.05, 3.63) is 35.4 Å². The molecule has 1 aromatic carbocycles. The zero-order valence-corrected chi connectivity index (χ0v) is 15.5. The standard InChI is InChI=1S/C17H22O5S2/c1-3-4-11-22-16(20)14(24-17(21)23-2)10-7-12-5-8-13(9-6-12)15(18)19/h5-6,8-9,14H,3-4,7,10-11H2,1-2H3,(H,18,19). The molecule has 1 rings (SSSR count). The molecule has 0 heterocycles. The lowest BCUT2D eigenvalue weighted by atomic mass is 10.1. The third-order valence-corrected chi connectivity index (χ3v) is 5.33. The number of rotatable bonds is 9. The van der Waals surface area contributed by atoms with Crippen LogP contribution in [0, 0.1) is 0 Å². The number of thioether (sulfide) groups is 2. The quantitative estimate of drug-likeness (QED) is 0.514. The highest BCUT2D eigenvalue weighted by Gasteiger charge is 2.23. The average molecular weight is 370 g/mol. The molecular weight excluding hydrogens is 348 g/mol. The first-order chi connectivity index (χ1) is 11.5. The minimum absolute atomic E-state index is 0.117. The Morgan fingerprint density at radius 3 is 2.42 bits per heavy atom. The maximum atomic E-state index is 12.2. The van der Waals surface area contributed by atoms with Gasteiger partial charge in [0.05, 0.1) is 12.2 Å². The number of esters is 1. The number of aromatic carboxylic acids is 1. The van der Waals surface area contributed by atoms with Gasteiger partial charge in [-0.05, 0) is 43.2 Å². The Labute approximate surface area is 150 Å². The van der Waals surface area contributed by atoms with Crippen LogP contribution in [0.5, 0.6) is 0 Å². The Morgan fingerprint density at radius 2 is 1.88 bits per heavy atom. The van der Waals surface area contributed by atoms with Gasteiger partial charge in [0, 0.05) is 0 Å². The number of unbranched alkanes of at least 4 members (excludes halogenated alkanes) is 1. The predicted molar refractivity (Wildman–Crippen MR) is 97.9 cm³/mol. The number of carbonyl (C=O) groups excluding carboxylic acids is 2. The molecule has 1 unspecified atom stereocenters. The maximum absolute atomic E-state index is 12.2. The summed E-state index contributed by atoms with van der Waals surface area (Å²) in [7, 11) is 0. The second-order valence-electron chi connectivity index (χ2n) is 5.12. The molecule has 7 heteroatoms. The van der Waals surface area contributed by atoms with E-state index in [1.165, 1.54) is 12.1 Å². The van der Waals surface area contributed by atoms with E-state index in [1.54, 1.807) is 18.4 Å². The van der Waals surface area contributed by atoms with Crippen molar-refractivity contribution in [3.8, 4) is 0 Å². The molecule has 0 aromatic heterocycles. The number of hydrogen-bond acceptors (Lipinski definition) is 6. The molecule has 0 aliphatic carbocycles. The van der Waals surface area contributed by atoms with Crippen molar-refractivity contribution in [1.82, 2.24) is 0 Å². The fraction of sp³-hybridized carbons (Fsp3) is 0.471. The van der Waals surface area contributed by atoms with Crippen LogP contribution in [-0.4, -0.2) is 39.6 Å². The normalized spacial score (nSPS) is 11.8. The van der Waals surface area contributed by atoms with Crippen LogP contribution in [0.1, 0.15) is 42.1 Å². The number of ether oxygens (including phenoxy) is 1. The lowest BCUT2D eigenvalue weighted by Crippen LogP contribution is -2.22. The van der Waals surface area contributed by atoms with E-state index in [4.69, 9.17) is 9.84 Å². The molecule has 132 valence electrons. The number of benzene rings is 1. The SMILES string of the molecule is CCCCOC(=O)C(CCc1ccc(C(=O)O)cc1)SC(=O)SC. The van der Waals surface area contributed by atoms with Crippen LogP contribution in [0.15, 0.2) is 24.3 Å². The Hall–Kier alpha value is -1.47. The summed E-state index contributed by atoms with van der Waals surface area (Å²) in [4.78, 5) is 34.6. The second-order valence-corrected chi connectivity index (χ2v) is 7.34. The van der Waals surface area contributed by atoms with Crippen molar-refractivity contribution in [2.24, 2.45) is 0 Å². The molecule has 0 bridgehead atoms. The van der Waals surface area contributed by atoms with Crippen molar-refractivity contribution in [1.29, 1.82) is 0 Å². The lowest BCUT2D eigenvalue weighted by Gasteiger charge is -2.14. The minimum atomic E-state index is -0.972. The van der Waals surface area contributed by atoms with Crippen molar-refractivity contribution >= 4 is 39.9 Å². The molecular formula is C17H22O5S2. The van der Waals surface area contributed by atoms with Gasteiger partial charge in [-0.3, -0.25) is 9.59 Å². The smallest absolute Gasteiger partial charge is 0.335 e. The summed E-state index contributed by atoms with van der Waals surface area (Å²) < 4.78 is 5.11. The molecule has 0 aliphatic heterocycles. The summed E-state index contributed by atoms with van der Waals surface area (Å²) in [6.45, 7) is 2.38. The summed E-state index contributed by atoms with van der Waals surface area (Å²) in [5, 5.41) is 8.35. The van der Waals surface area contributed by atoms with E-state index in [1.807, 2.05) is 6.92 Å². The Morgan fingerprint density at radius 1 is 1.21 bits per heavy atom. The minimum Gasteiger partial charge on any atom is -0.478 e. The summed E-state index contributed by atoms with van der Waals surface area (Å²) in [5.41, 5.74) is 1.14. The number of hydrogen-bond donors (Lipinski definition) is 1. The molecule has 5 nitrogen and oxygen atoms in total. The predicted octanol–water partition coefficient (Wildman–Crippen LogP) is 4.25. The fourth-order valence-corrected chi connectivity index (χ4v) is 3.28. The van der Waals surface area contributed by atoms with Gasteiger partial charge in [0.2, 0.25) is 4.45 Å². The molecule has 0 spiro atoms. The molecule has 24 heavy (non-hydrogen) atoms. The van der Waals surface area contributed by atoms with Gasteiger partial charge in [0.1, 0.15) is 5.25 Å². The monoisotopic (exact) mass is 370 g/mol. The summed E-state index contributed by atoms with van der Waals surface area (Å²) >= 11 is 2.07. The Balaban J connectivity index is 2.64. The van der Waals surface area contributed by atoms with E-state index < -0.39 is 11.2 Å². The zero-order chi connectivity index (χ0) is 17.9. The van der Waals surface area contributed by atoms with Crippen LogP contribution in [0.4, 0.5) is 4.79 Å². The highest BCUT2D eigenvalue weighted by Crippen LogP contribution is 2.25. The van der Waals surface area contributed by atoms with Gasteiger partial charge in [0.15, 0.2) is 0 Å². The first kappa shape index (κ1) is 20.6. The largest absolute Gasteiger partial charge is 0.478 e. The van der Waals surface area contributed by atoms with E-state index >= 15 is 0 Å². The van der Waals surface area contributed by atoms with Crippen LogP contribution < -0.4 is 0 Å². The van der Waals surface area contributed by atoms with Crippen LogP contribution in [0.2, 0.25) is 0 Å². The van der Waals surface area contributed by atoms with Crippen molar-refractivity contribution < 1.29 is 24.2 Å². The van der Waals surface area contributed by atoms with Gasteiger partial charge in [-0.15, -0.1) is 0 Å². The van der Waals surface area contributed by atoms with Crippen LogP contribution in [0.3, 0.4) is 0 Å². The lowest BCUT2D eigenvalue weighted by molar-refractivity contribution is -0.143. The molecule has 0 radical (unpaired) electrons. The molecule has 0 saturated carbocycles. The fourth-order valence-electron chi connectivity index (χ4n) is 1.91. The number of aryl methyl sites for hydroxylation is 1. The van der Waals surface area contributed by atoms with Crippen molar-refractivity contribution in [3.63, 3.8) is 0 Å². The molecule has 1 atom stereocenters. The van der Waals surface area contributed by atoms with Crippen LogP contribution >= 0.6 is 23.5 Å². The van der Waals surface area contributed by atoms with E-state index in [0.29, 0.717) is 19.4 Å². The molecule has 0 saturated heterocycles. The molecule has 0 aliphatic rings. The van der Waals surface area contributed by atoms with E-state index in [0.717, 1.165) is 41.9 Å². The number of carbonyl (C=O) groups is 3. The van der Waals surface area contributed by atoms with Gasteiger partial charge in [-0.25, -0.2) is 4.79 Å². The first-order valence-corrected chi connectivity index (χ1v) is 9.81. The Bertz CT molecular complexity index is 557.